The lowest BCUT2D eigenvalue weighted by atomic mass is 9.97. The number of thiophene rings is 1. The van der Waals surface area contributed by atoms with Crippen LogP contribution in [0.15, 0.2) is 5.03 Å². The Kier molecular flexibility index (Phi) is 5.35. The number of amides is 2. The quantitative estimate of drug-likeness (QED) is 0.662. The van der Waals surface area contributed by atoms with Crippen molar-refractivity contribution < 1.29 is 14.3 Å². The highest BCUT2D eigenvalue weighted by Gasteiger charge is 2.21. The number of imide groups is 1. The van der Waals surface area contributed by atoms with Crippen LogP contribution in [0.4, 0.5) is 4.79 Å². The van der Waals surface area contributed by atoms with Crippen molar-refractivity contribution in [1.29, 1.82) is 0 Å². The molecule has 0 aromatic carbocycles. The van der Waals surface area contributed by atoms with E-state index < -0.39 is 6.09 Å². The minimum Gasteiger partial charge on any atom is -0.450 e. The number of rotatable bonds is 4. The molecular formula is C16H19N3O3S2. The van der Waals surface area contributed by atoms with Crippen LogP contribution >= 0.6 is 23.1 Å². The summed E-state index contributed by atoms with van der Waals surface area (Å²) in [6, 6.07) is 0. The Bertz CT molecular complexity index is 788. The Morgan fingerprint density at radius 3 is 2.88 bits per heavy atom. The summed E-state index contributed by atoms with van der Waals surface area (Å²) < 4.78 is 4.71. The van der Waals surface area contributed by atoms with Gasteiger partial charge >= 0.3 is 6.09 Å². The predicted molar refractivity (Wildman–Crippen MR) is 94.7 cm³/mol. The van der Waals surface area contributed by atoms with Crippen LogP contribution in [0.3, 0.4) is 0 Å². The molecular weight excluding hydrogens is 346 g/mol. The highest BCUT2D eigenvalue weighted by molar-refractivity contribution is 8.00. The molecule has 0 saturated carbocycles. The molecule has 1 aliphatic rings. The highest BCUT2D eigenvalue weighted by Crippen LogP contribution is 2.39. The summed E-state index contributed by atoms with van der Waals surface area (Å²) in [5.74, 6) is 0.441. The molecule has 0 bridgehead atoms. The van der Waals surface area contributed by atoms with Crippen molar-refractivity contribution in [2.45, 2.75) is 44.6 Å². The molecule has 2 aromatic rings. The third-order valence-electron chi connectivity index (χ3n) is 3.75. The monoisotopic (exact) mass is 365 g/mol. The average Bonchev–Trinajstić information content (AvgIpc) is 2.90. The molecule has 0 aliphatic heterocycles. The zero-order valence-corrected chi connectivity index (χ0v) is 15.3. The summed E-state index contributed by atoms with van der Waals surface area (Å²) >= 11 is 3.09. The van der Waals surface area contributed by atoms with E-state index >= 15 is 0 Å². The van der Waals surface area contributed by atoms with E-state index in [9.17, 15) is 9.59 Å². The maximum Gasteiger partial charge on any atom is 0.413 e. The van der Waals surface area contributed by atoms with Gasteiger partial charge in [0, 0.05) is 10.3 Å². The molecule has 0 saturated heterocycles. The van der Waals surface area contributed by atoms with Gasteiger partial charge in [0.05, 0.1) is 12.4 Å². The van der Waals surface area contributed by atoms with E-state index in [0.717, 1.165) is 28.1 Å². The first kappa shape index (κ1) is 17.2. The second-order valence-electron chi connectivity index (χ2n) is 5.52. The first-order chi connectivity index (χ1) is 11.6. The maximum atomic E-state index is 11.9. The van der Waals surface area contributed by atoms with Gasteiger partial charge in [0.2, 0.25) is 5.91 Å². The molecule has 24 heavy (non-hydrogen) atoms. The standard InChI is InChI=1S/C16H19N3O3S2/c1-3-22-16(21)19-12(20)8-23-14-13-10-6-4-5-7-11(10)24-15(13)18-9(2)17-14/h3-8H2,1-2H3,(H,19,20,21). The van der Waals surface area contributed by atoms with E-state index in [4.69, 9.17) is 4.74 Å². The van der Waals surface area contributed by atoms with Crippen LogP contribution in [-0.4, -0.2) is 34.3 Å². The number of hydrogen-bond donors (Lipinski definition) is 1. The van der Waals surface area contributed by atoms with Crippen LogP contribution in [0.5, 0.6) is 0 Å². The van der Waals surface area contributed by atoms with E-state index in [0.29, 0.717) is 5.82 Å². The third kappa shape index (κ3) is 3.70. The summed E-state index contributed by atoms with van der Waals surface area (Å²) in [5, 5.41) is 4.13. The summed E-state index contributed by atoms with van der Waals surface area (Å²) in [6.45, 7) is 3.79. The maximum absolute atomic E-state index is 11.9. The van der Waals surface area contributed by atoms with Gasteiger partial charge in [0.15, 0.2) is 0 Å². The Morgan fingerprint density at radius 1 is 1.29 bits per heavy atom. The van der Waals surface area contributed by atoms with Gasteiger partial charge in [-0.3, -0.25) is 10.1 Å². The molecule has 1 N–H and O–H groups in total. The average molecular weight is 365 g/mol. The normalized spacial score (nSPS) is 13.6. The van der Waals surface area contributed by atoms with Crippen LogP contribution < -0.4 is 5.32 Å². The van der Waals surface area contributed by atoms with Crippen molar-refractivity contribution in [2.75, 3.05) is 12.4 Å². The molecule has 0 fully saturated rings. The van der Waals surface area contributed by atoms with Crippen molar-refractivity contribution >= 4 is 45.3 Å². The molecule has 0 unspecified atom stereocenters. The number of nitrogens with one attached hydrogen (secondary N) is 1. The number of carbonyl (C=O) groups excluding carboxylic acids is 2. The molecule has 2 heterocycles. The number of fused-ring (bicyclic) bond motifs is 3. The largest absolute Gasteiger partial charge is 0.450 e. The van der Waals surface area contributed by atoms with Crippen LogP contribution in [-0.2, 0) is 22.4 Å². The lowest BCUT2D eigenvalue weighted by Crippen LogP contribution is -2.32. The number of thioether (sulfide) groups is 1. The zero-order chi connectivity index (χ0) is 17.1. The number of ether oxygens (including phenoxy) is 1. The molecule has 2 aromatic heterocycles. The fraction of sp³-hybridized carbons (Fsp3) is 0.500. The molecule has 8 heteroatoms. The summed E-state index contributed by atoms with van der Waals surface area (Å²) in [4.78, 5) is 34.7. The Labute approximate surface area is 148 Å². The van der Waals surface area contributed by atoms with Gasteiger partial charge in [-0.25, -0.2) is 14.8 Å². The Hall–Kier alpha value is -1.67. The Morgan fingerprint density at radius 2 is 2.08 bits per heavy atom. The van der Waals surface area contributed by atoms with Crippen LogP contribution in [0.25, 0.3) is 10.2 Å². The predicted octanol–water partition coefficient (Wildman–Crippen LogP) is 3.24. The molecule has 1 aliphatic carbocycles. The summed E-state index contributed by atoms with van der Waals surface area (Å²) in [6.07, 6.45) is 3.84. The van der Waals surface area contributed by atoms with E-state index in [2.05, 4.69) is 15.3 Å². The van der Waals surface area contributed by atoms with Crippen molar-refractivity contribution in [3.63, 3.8) is 0 Å². The second kappa shape index (κ2) is 7.48. The second-order valence-corrected chi connectivity index (χ2v) is 7.57. The number of alkyl carbamates (subject to hydrolysis) is 1. The van der Waals surface area contributed by atoms with E-state index in [-0.39, 0.29) is 18.3 Å². The minimum absolute atomic E-state index is 0.120. The first-order valence-corrected chi connectivity index (χ1v) is 9.77. The van der Waals surface area contributed by atoms with Crippen molar-refractivity contribution in [2.24, 2.45) is 0 Å². The van der Waals surface area contributed by atoms with Gasteiger partial charge in [-0.05, 0) is 45.1 Å². The van der Waals surface area contributed by atoms with E-state index in [1.165, 1.54) is 35.0 Å². The Balaban J connectivity index is 1.80. The van der Waals surface area contributed by atoms with Crippen molar-refractivity contribution in [3.05, 3.63) is 16.3 Å². The number of aryl methyl sites for hydroxylation is 3. The molecule has 2 amide bonds. The van der Waals surface area contributed by atoms with Gasteiger partial charge in [-0.1, -0.05) is 11.8 Å². The topological polar surface area (TPSA) is 81.2 Å². The van der Waals surface area contributed by atoms with E-state index in [1.54, 1.807) is 18.3 Å². The molecule has 3 rings (SSSR count). The van der Waals surface area contributed by atoms with Gasteiger partial charge < -0.3 is 4.74 Å². The van der Waals surface area contributed by atoms with Gasteiger partial charge in [0.1, 0.15) is 15.7 Å². The molecule has 0 radical (unpaired) electrons. The number of aromatic nitrogens is 2. The molecule has 0 spiro atoms. The first-order valence-electron chi connectivity index (χ1n) is 7.96. The lowest BCUT2D eigenvalue weighted by Gasteiger charge is -2.11. The van der Waals surface area contributed by atoms with Gasteiger partial charge in [0.25, 0.3) is 0 Å². The summed E-state index contributed by atoms with van der Waals surface area (Å²) in [7, 11) is 0. The van der Waals surface area contributed by atoms with Crippen LogP contribution in [0, 0.1) is 6.92 Å². The third-order valence-corrected chi connectivity index (χ3v) is 5.91. The SMILES string of the molecule is CCOC(=O)NC(=O)CSc1nc(C)nc2sc3c(c12)CCCC3. The molecule has 128 valence electrons. The molecule has 6 nitrogen and oxygen atoms in total. The van der Waals surface area contributed by atoms with Crippen LogP contribution in [0.1, 0.15) is 36.0 Å². The van der Waals surface area contributed by atoms with E-state index in [1.807, 2.05) is 6.92 Å². The smallest absolute Gasteiger partial charge is 0.413 e. The fourth-order valence-corrected chi connectivity index (χ4v) is 5.05. The fourth-order valence-electron chi connectivity index (χ4n) is 2.78. The van der Waals surface area contributed by atoms with Crippen molar-refractivity contribution in [1.82, 2.24) is 15.3 Å². The van der Waals surface area contributed by atoms with Gasteiger partial charge in [-0.2, -0.15) is 0 Å². The number of carbonyl (C=O) groups is 2. The number of nitrogens with zero attached hydrogens (tertiary/aromatic N) is 2. The lowest BCUT2D eigenvalue weighted by molar-refractivity contribution is -0.117. The van der Waals surface area contributed by atoms with Gasteiger partial charge in [-0.15, -0.1) is 11.3 Å². The molecule has 0 atom stereocenters. The zero-order valence-electron chi connectivity index (χ0n) is 13.7. The van der Waals surface area contributed by atoms with Crippen molar-refractivity contribution in [3.8, 4) is 0 Å². The highest BCUT2D eigenvalue weighted by atomic mass is 32.2. The summed E-state index contributed by atoms with van der Waals surface area (Å²) in [5.41, 5.74) is 1.34. The number of hydrogen-bond acceptors (Lipinski definition) is 7. The van der Waals surface area contributed by atoms with Crippen LogP contribution in [0.2, 0.25) is 0 Å². The minimum atomic E-state index is -0.708.